The Balaban J connectivity index is 2.63. The molecule has 0 aliphatic rings. The van der Waals surface area contributed by atoms with E-state index >= 15 is 0 Å². The van der Waals surface area contributed by atoms with Gasteiger partial charge in [0.1, 0.15) is 6.10 Å². The highest BCUT2D eigenvalue weighted by atomic mass is 79.9. The highest BCUT2D eigenvalue weighted by molar-refractivity contribution is 9.11. The van der Waals surface area contributed by atoms with E-state index in [-0.39, 0.29) is 0 Å². The summed E-state index contributed by atoms with van der Waals surface area (Å²) in [5.41, 5.74) is 8.33. The highest BCUT2D eigenvalue weighted by Gasteiger charge is 2.20. The van der Waals surface area contributed by atoms with Crippen molar-refractivity contribution in [2.75, 3.05) is 0 Å². The third kappa shape index (κ3) is 2.51. The van der Waals surface area contributed by atoms with E-state index < -0.39 is 6.10 Å². The standard InChI is InChI=1S/C16H19BrOS/c1-8-9(2)11(4)15(12(5)10(8)3)16(18)13-6-14(17)19-7-13/h6-7,16,18H,1-5H3. The molecule has 1 unspecified atom stereocenters. The molecular formula is C16H19BrOS. The van der Waals surface area contributed by atoms with E-state index in [9.17, 15) is 5.11 Å². The van der Waals surface area contributed by atoms with Crippen LogP contribution in [0.25, 0.3) is 0 Å². The smallest absolute Gasteiger partial charge is 0.105 e. The van der Waals surface area contributed by atoms with E-state index in [1.54, 1.807) is 11.3 Å². The summed E-state index contributed by atoms with van der Waals surface area (Å²) in [5, 5.41) is 12.7. The Morgan fingerprint density at radius 2 is 1.42 bits per heavy atom. The van der Waals surface area contributed by atoms with Crippen molar-refractivity contribution < 1.29 is 5.11 Å². The van der Waals surface area contributed by atoms with Gasteiger partial charge in [0.2, 0.25) is 0 Å². The van der Waals surface area contributed by atoms with Gasteiger partial charge in [0, 0.05) is 0 Å². The first-order valence-corrected chi connectivity index (χ1v) is 8.00. The van der Waals surface area contributed by atoms with Crippen LogP contribution in [0.3, 0.4) is 0 Å². The van der Waals surface area contributed by atoms with Crippen molar-refractivity contribution in [3.05, 3.63) is 54.2 Å². The Kier molecular flexibility index (Phi) is 4.19. The molecular weight excluding hydrogens is 320 g/mol. The molecule has 0 aliphatic heterocycles. The summed E-state index contributed by atoms with van der Waals surface area (Å²) in [6, 6.07) is 2.00. The maximum atomic E-state index is 10.7. The molecule has 1 nitrogen and oxygen atoms in total. The zero-order valence-corrected chi connectivity index (χ0v) is 14.4. The topological polar surface area (TPSA) is 20.2 Å². The van der Waals surface area contributed by atoms with Crippen molar-refractivity contribution >= 4 is 27.3 Å². The second-order valence-corrected chi connectivity index (χ2v) is 7.42. The number of hydrogen-bond acceptors (Lipinski definition) is 2. The third-order valence-corrected chi connectivity index (χ3v) is 5.76. The first-order valence-electron chi connectivity index (χ1n) is 6.33. The van der Waals surface area contributed by atoms with Crippen LogP contribution >= 0.6 is 27.3 Å². The van der Waals surface area contributed by atoms with Gasteiger partial charge in [0.25, 0.3) is 0 Å². The van der Waals surface area contributed by atoms with Gasteiger partial charge >= 0.3 is 0 Å². The number of rotatable bonds is 2. The van der Waals surface area contributed by atoms with Gasteiger partial charge in [-0.1, -0.05) is 0 Å². The predicted octanol–water partition coefficient (Wildman–Crippen LogP) is 5.13. The van der Waals surface area contributed by atoms with Crippen molar-refractivity contribution in [3.8, 4) is 0 Å². The normalized spacial score (nSPS) is 12.8. The molecule has 1 aromatic heterocycles. The molecule has 102 valence electrons. The van der Waals surface area contributed by atoms with Gasteiger partial charge in [0.05, 0.1) is 3.79 Å². The minimum absolute atomic E-state index is 0.541. The zero-order chi connectivity index (χ0) is 14.3. The number of aliphatic hydroxyl groups excluding tert-OH is 1. The molecule has 0 bridgehead atoms. The van der Waals surface area contributed by atoms with Crippen LogP contribution in [0.1, 0.15) is 45.0 Å². The largest absolute Gasteiger partial charge is 0.384 e. The molecule has 2 rings (SSSR count). The van der Waals surface area contributed by atoms with E-state index in [0.29, 0.717) is 0 Å². The average Bonchev–Trinajstić information content (AvgIpc) is 2.81. The number of aliphatic hydroxyl groups is 1. The van der Waals surface area contributed by atoms with Crippen LogP contribution in [0.4, 0.5) is 0 Å². The molecule has 0 saturated carbocycles. The fraction of sp³-hybridized carbons (Fsp3) is 0.375. The third-order valence-electron chi connectivity index (χ3n) is 4.23. The average molecular weight is 339 g/mol. The summed E-state index contributed by atoms with van der Waals surface area (Å²) in [5.74, 6) is 0. The lowest BCUT2D eigenvalue weighted by Gasteiger charge is -2.22. The van der Waals surface area contributed by atoms with Crippen molar-refractivity contribution in [1.29, 1.82) is 0 Å². The van der Waals surface area contributed by atoms with E-state index in [1.165, 1.54) is 27.8 Å². The zero-order valence-electron chi connectivity index (χ0n) is 12.0. The van der Waals surface area contributed by atoms with Gasteiger partial charge < -0.3 is 5.11 Å². The second kappa shape index (κ2) is 5.39. The number of halogens is 1. The SMILES string of the molecule is Cc1c(C)c(C)c(C(O)c2csc(Br)c2)c(C)c1C. The maximum Gasteiger partial charge on any atom is 0.105 e. The monoisotopic (exact) mass is 338 g/mol. The van der Waals surface area contributed by atoms with Crippen molar-refractivity contribution in [2.24, 2.45) is 0 Å². The first kappa shape index (κ1) is 14.8. The van der Waals surface area contributed by atoms with Crippen LogP contribution in [0.15, 0.2) is 15.2 Å². The van der Waals surface area contributed by atoms with Crippen LogP contribution in [-0.2, 0) is 0 Å². The maximum absolute atomic E-state index is 10.7. The van der Waals surface area contributed by atoms with Crippen molar-refractivity contribution in [1.82, 2.24) is 0 Å². The number of thiophene rings is 1. The number of benzene rings is 1. The molecule has 0 spiro atoms. The molecule has 2 aromatic rings. The van der Waals surface area contributed by atoms with E-state index in [0.717, 1.165) is 14.9 Å². The van der Waals surface area contributed by atoms with Crippen LogP contribution in [0.2, 0.25) is 0 Å². The molecule has 3 heteroatoms. The van der Waals surface area contributed by atoms with Crippen LogP contribution in [0, 0.1) is 34.6 Å². The molecule has 1 N–H and O–H groups in total. The van der Waals surface area contributed by atoms with Gasteiger partial charge in [-0.3, -0.25) is 0 Å². The van der Waals surface area contributed by atoms with Gasteiger partial charge in [-0.25, -0.2) is 0 Å². The summed E-state index contributed by atoms with van der Waals surface area (Å²) in [6.07, 6.45) is -0.541. The molecule has 1 heterocycles. The van der Waals surface area contributed by atoms with Gasteiger partial charge in [0.15, 0.2) is 0 Å². The summed E-state index contributed by atoms with van der Waals surface area (Å²) >= 11 is 5.07. The van der Waals surface area contributed by atoms with Gasteiger partial charge in [-0.05, 0) is 101 Å². The van der Waals surface area contributed by atoms with Crippen LogP contribution in [-0.4, -0.2) is 5.11 Å². The van der Waals surface area contributed by atoms with Crippen molar-refractivity contribution in [2.45, 2.75) is 40.7 Å². The Labute approximate surface area is 127 Å². The predicted molar refractivity (Wildman–Crippen MR) is 86.2 cm³/mol. The first-order chi connectivity index (χ1) is 8.84. The Hall–Kier alpha value is -0.640. The van der Waals surface area contributed by atoms with Crippen LogP contribution in [0.5, 0.6) is 0 Å². The Morgan fingerprint density at radius 1 is 0.947 bits per heavy atom. The minimum atomic E-state index is -0.541. The fourth-order valence-corrected chi connectivity index (χ4v) is 3.77. The van der Waals surface area contributed by atoms with Crippen LogP contribution < -0.4 is 0 Å². The van der Waals surface area contributed by atoms with Gasteiger partial charge in [-0.15, -0.1) is 11.3 Å². The molecule has 0 radical (unpaired) electrons. The fourth-order valence-electron chi connectivity index (χ4n) is 2.57. The van der Waals surface area contributed by atoms with Crippen molar-refractivity contribution in [3.63, 3.8) is 0 Å². The minimum Gasteiger partial charge on any atom is -0.384 e. The quantitative estimate of drug-likeness (QED) is 0.804. The summed E-state index contributed by atoms with van der Waals surface area (Å²) < 4.78 is 1.05. The molecule has 0 saturated heterocycles. The molecule has 1 atom stereocenters. The second-order valence-electron chi connectivity index (χ2n) is 5.13. The lowest BCUT2D eigenvalue weighted by atomic mass is 9.86. The molecule has 1 aromatic carbocycles. The van der Waals surface area contributed by atoms with Gasteiger partial charge in [-0.2, -0.15) is 0 Å². The molecule has 0 fully saturated rings. The van der Waals surface area contributed by atoms with E-state index in [4.69, 9.17) is 0 Å². The summed E-state index contributed by atoms with van der Waals surface area (Å²) in [6.45, 7) is 10.6. The lowest BCUT2D eigenvalue weighted by molar-refractivity contribution is 0.219. The van der Waals surface area contributed by atoms with E-state index in [2.05, 4.69) is 50.5 Å². The Bertz CT molecular complexity index is 599. The molecule has 0 amide bonds. The van der Waals surface area contributed by atoms with E-state index in [1.807, 2.05) is 11.4 Å². The summed E-state index contributed by atoms with van der Waals surface area (Å²) in [4.78, 5) is 0. The Morgan fingerprint density at radius 3 is 1.84 bits per heavy atom. The lowest BCUT2D eigenvalue weighted by Crippen LogP contribution is -2.08. The number of hydrogen-bond donors (Lipinski definition) is 1. The highest BCUT2D eigenvalue weighted by Crippen LogP contribution is 2.35. The molecule has 0 aliphatic carbocycles. The summed E-state index contributed by atoms with van der Waals surface area (Å²) in [7, 11) is 0. The molecule has 19 heavy (non-hydrogen) atoms.